The lowest BCUT2D eigenvalue weighted by Gasteiger charge is -2.27. The number of benzene rings is 2. The molecule has 2 unspecified atom stereocenters. The third-order valence-electron chi connectivity index (χ3n) is 5.23. The van der Waals surface area contributed by atoms with Gasteiger partial charge in [0.2, 0.25) is 0 Å². The topological polar surface area (TPSA) is 26.3 Å². The normalized spacial score (nSPS) is 15.4. The monoisotopic (exact) mass is 322 g/mol. The Morgan fingerprint density at radius 3 is 2.38 bits per heavy atom. The highest BCUT2D eigenvalue weighted by Crippen LogP contribution is 2.38. The lowest BCUT2D eigenvalue weighted by atomic mass is 9.82. The number of hydrogen-bond acceptors (Lipinski definition) is 2. The van der Waals surface area contributed by atoms with Crippen LogP contribution in [0.3, 0.4) is 0 Å². The molecule has 0 heterocycles. The summed E-state index contributed by atoms with van der Waals surface area (Å²) < 4.78 is 5.72. The molecule has 0 radical (unpaired) electrons. The molecule has 0 N–H and O–H groups in total. The molecule has 2 heteroatoms. The Morgan fingerprint density at radius 1 is 1.00 bits per heavy atom. The minimum atomic E-state index is -0.226. The van der Waals surface area contributed by atoms with Gasteiger partial charge in [-0.05, 0) is 46.6 Å². The largest absolute Gasteiger partial charge is 0.458 e. The van der Waals surface area contributed by atoms with Gasteiger partial charge in [0.1, 0.15) is 6.10 Å². The lowest BCUT2D eigenvalue weighted by Crippen LogP contribution is -2.28. The van der Waals surface area contributed by atoms with Crippen LogP contribution in [-0.2, 0) is 16.0 Å². The summed E-state index contributed by atoms with van der Waals surface area (Å²) in [6, 6.07) is 15.0. The van der Waals surface area contributed by atoms with Crippen molar-refractivity contribution in [2.75, 3.05) is 0 Å². The zero-order chi connectivity index (χ0) is 17.5. The SMILES string of the molecule is CC(OC(=O)C(C)C(C)(C)C)c1ccc2c(c1)Cc1ccccc1-2. The van der Waals surface area contributed by atoms with Crippen LogP contribution in [0.4, 0.5) is 0 Å². The molecule has 0 aliphatic heterocycles. The standard InChI is InChI=1S/C22H26O2/c1-14(22(3,4)5)21(23)24-15(2)16-10-11-20-18(12-16)13-17-8-6-7-9-19(17)20/h6-12,14-15H,13H2,1-5H3. The minimum Gasteiger partial charge on any atom is -0.458 e. The molecule has 0 spiro atoms. The van der Waals surface area contributed by atoms with Crippen LogP contribution in [0.2, 0.25) is 0 Å². The van der Waals surface area contributed by atoms with Gasteiger partial charge < -0.3 is 4.74 Å². The molecule has 0 bridgehead atoms. The number of carbonyl (C=O) groups excluding carboxylic acids is 1. The van der Waals surface area contributed by atoms with Gasteiger partial charge in [-0.3, -0.25) is 4.79 Å². The molecule has 3 rings (SSSR count). The predicted octanol–water partition coefficient (Wildman–Crippen LogP) is 5.54. The van der Waals surface area contributed by atoms with E-state index >= 15 is 0 Å². The summed E-state index contributed by atoms with van der Waals surface area (Å²) in [5.41, 5.74) is 6.30. The van der Waals surface area contributed by atoms with E-state index in [9.17, 15) is 4.79 Å². The maximum absolute atomic E-state index is 12.4. The molecule has 2 atom stereocenters. The molecule has 2 aromatic rings. The highest BCUT2D eigenvalue weighted by Gasteiger charge is 2.29. The van der Waals surface area contributed by atoms with Crippen LogP contribution < -0.4 is 0 Å². The van der Waals surface area contributed by atoms with Crippen molar-refractivity contribution in [2.45, 2.75) is 47.1 Å². The molecule has 0 fully saturated rings. The fourth-order valence-electron chi connectivity index (χ4n) is 3.12. The summed E-state index contributed by atoms with van der Waals surface area (Å²) in [5, 5.41) is 0. The van der Waals surface area contributed by atoms with Crippen LogP contribution in [0.1, 0.15) is 57.4 Å². The van der Waals surface area contributed by atoms with Crippen LogP contribution in [0.5, 0.6) is 0 Å². The van der Waals surface area contributed by atoms with Crippen molar-refractivity contribution < 1.29 is 9.53 Å². The van der Waals surface area contributed by atoms with Gasteiger partial charge in [0.15, 0.2) is 0 Å². The zero-order valence-corrected chi connectivity index (χ0v) is 15.2. The van der Waals surface area contributed by atoms with Gasteiger partial charge in [-0.25, -0.2) is 0 Å². The van der Waals surface area contributed by atoms with E-state index in [1.165, 1.54) is 22.3 Å². The third kappa shape index (κ3) is 3.10. The summed E-state index contributed by atoms with van der Waals surface area (Å²) in [5.74, 6) is -0.252. The number of fused-ring (bicyclic) bond motifs is 3. The lowest BCUT2D eigenvalue weighted by molar-refractivity contribution is -0.156. The fourth-order valence-corrected chi connectivity index (χ4v) is 3.12. The quantitative estimate of drug-likeness (QED) is 0.591. The molecule has 1 aliphatic carbocycles. The van der Waals surface area contributed by atoms with Gasteiger partial charge in [0.05, 0.1) is 5.92 Å². The van der Waals surface area contributed by atoms with Crippen molar-refractivity contribution in [1.82, 2.24) is 0 Å². The number of ether oxygens (including phenoxy) is 1. The van der Waals surface area contributed by atoms with Gasteiger partial charge in [-0.15, -0.1) is 0 Å². The van der Waals surface area contributed by atoms with Crippen molar-refractivity contribution in [1.29, 1.82) is 0 Å². The number of hydrogen-bond donors (Lipinski definition) is 0. The molecular weight excluding hydrogens is 296 g/mol. The van der Waals surface area contributed by atoms with E-state index in [0.717, 1.165) is 12.0 Å². The molecule has 2 nitrogen and oxygen atoms in total. The minimum absolute atomic E-state index is 0.0869. The molecule has 0 saturated heterocycles. The summed E-state index contributed by atoms with van der Waals surface area (Å²) in [6.07, 6.45) is 0.731. The van der Waals surface area contributed by atoms with Crippen molar-refractivity contribution in [3.05, 3.63) is 59.2 Å². The highest BCUT2D eigenvalue weighted by atomic mass is 16.5. The van der Waals surface area contributed by atoms with Crippen LogP contribution >= 0.6 is 0 Å². The maximum atomic E-state index is 12.4. The Bertz CT molecular complexity index is 768. The van der Waals surface area contributed by atoms with Crippen LogP contribution in [0.15, 0.2) is 42.5 Å². The summed E-state index contributed by atoms with van der Waals surface area (Å²) >= 11 is 0. The predicted molar refractivity (Wildman–Crippen MR) is 97.8 cm³/mol. The van der Waals surface area contributed by atoms with E-state index in [1.807, 2.05) is 13.8 Å². The van der Waals surface area contributed by atoms with Crippen LogP contribution in [0.25, 0.3) is 11.1 Å². The summed E-state index contributed by atoms with van der Waals surface area (Å²) in [6.45, 7) is 10.1. The van der Waals surface area contributed by atoms with Crippen molar-refractivity contribution in [2.24, 2.45) is 11.3 Å². The smallest absolute Gasteiger partial charge is 0.309 e. The molecular formula is C22H26O2. The maximum Gasteiger partial charge on any atom is 0.309 e. The van der Waals surface area contributed by atoms with Crippen molar-refractivity contribution in [3.63, 3.8) is 0 Å². The average Bonchev–Trinajstić information content (AvgIpc) is 2.90. The van der Waals surface area contributed by atoms with Gasteiger partial charge in [0.25, 0.3) is 0 Å². The highest BCUT2D eigenvalue weighted by molar-refractivity contribution is 5.77. The number of rotatable bonds is 3. The Kier molecular flexibility index (Phi) is 4.25. The Morgan fingerprint density at radius 2 is 1.67 bits per heavy atom. The Hall–Kier alpha value is -2.09. The van der Waals surface area contributed by atoms with E-state index in [-0.39, 0.29) is 23.4 Å². The first-order valence-electron chi connectivity index (χ1n) is 8.69. The first-order valence-corrected chi connectivity index (χ1v) is 8.69. The third-order valence-corrected chi connectivity index (χ3v) is 5.23. The molecule has 0 amide bonds. The molecule has 126 valence electrons. The summed E-state index contributed by atoms with van der Waals surface area (Å²) in [4.78, 5) is 12.4. The van der Waals surface area contributed by atoms with Crippen molar-refractivity contribution >= 4 is 5.97 Å². The van der Waals surface area contributed by atoms with Crippen LogP contribution in [0, 0.1) is 11.3 Å². The van der Waals surface area contributed by atoms with E-state index in [1.54, 1.807) is 0 Å². The van der Waals surface area contributed by atoms with E-state index < -0.39 is 0 Å². The molecule has 24 heavy (non-hydrogen) atoms. The molecule has 2 aromatic carbocycles. The van der Waals surface area contributed by atoms with Gasteiger partial charge in [-0.1, -0.05) is 70.2 Å². The van der Waals surface area contributed by atoms with Gasteiger partial charge >= 0.3 is 5.97 Å². The Balaban J connectivity index is 1.77. The zero-order valence-electron chi connectivity index (χ0n) is 15.2. The molecule has 0 aromatic heterocycles. The second-order valence-corrected chi connectivity index (χ2v) is 7.92. The second kappa shape index (κ2) is 6.08. The molecule has 1 aliphatic rings. The van der Waals surface area contributed by atoms with Gasteiger partial charge in [0, 0.05) is 0 Å². The number of esters is 1. The first kappa shape index (κ1) is 16.8. The number of carbonyl (C=O) groups is 1. The fraction of sp³-hybridized carbons (Fsp3) is 0.409. The summed E-state index contributed by atoms with van der Waals surface area (Å²) in [7, 11) is 0. The van der Waals surface area contributed by atoms with Crippen LogP contribution in [-0.4, -0.2) is 5.97 Å². The second-order valence-electron chi connectivity index (χ2n) is 7.92. The van der Waals surface area contributed by atoms with E-state index in [0.29, 0.717) is 0 Å². The van der Waals surface area contributed by atoms with E-state index in [4.69, 9.17) is 4.74 Å². The average molecular weight is 322 g/mol. The Labute approximate surface area is 144 Å². The van der Waals surface area contributed by atoms with Gasteiger partial charge in [-0.2, -0.15) is 0 Å². The first-order chi connectivity index (χ1) is 11.3. The molecule has 0 saturated carbocycles. The van der Waals surface area contributed by atoms with Crippen molar-refractivity contribution in [3.8, 4) is 11.1 Å². The van der Waals surface area contributed by atoms with E-state index in [2.05, 4.69) is 63.2 Å².